The van der Waals surface area contributed by atoms with Crippen molar-refractivity contribution in [2.24, 2.45) is 5.92 Å². The Kier molecular flexibility index (Phi) is 6.05. The van der Waals surface area contributed by atoms with Gasteiger partial charge in [-0.1, -0.05) is 38.7 Å². The average Bonchev–Trinajstić information content (AvgIpc) is 3.11. The Morgan fingerprint density at radius 2 is 1.82 bits per heavy atom. The minimum Gasteiger partial charge on any atom is -0.236 e. The highest BCUT2D eigenvalue weighted by Crippen LogP contribution is 2.39. The van der Waals surface area contributed by atoms with Crippen molar-refractivity contribution in [3.8, 4) is 10.6 Å². The normalized spacial score (nSPS) is 20.0. The van der Waals surface area contributed by atoms with Crippen LogP contribution in [-0.2, 0) is 0 Å². The SMILES string of the molecule is CCCCC[C@H]1CC[C@H](c2ccc(-c3nc4ccc(F)cc4s3)c(F)c2)CC1. The van der Waals surface area contributed by atoms with Gasteiger partial charge in [-0.05, 0) is 73.4 Å². The van der Waals surface area contributed by atoms with Crippen LogP contribution in [0.25, 0.3) is 20.8 Å². The maximum atomic E-state index is 14.9. The first-order chi connectivity index (χ1) is 13.6. The summed E-state index contributed by atoms with van der Waals surface area (Å²) >= 11 is 1.34. The number of hydrogen-bond acceptors (Lipinski definition) is 2. The first kappa shape index (κ1) is 19.5. The second kappa shape index (κ2) is 8.69. The van der Waals surface area contributed by atoms with Crippen LogP contribution in [-0.4, -0.2) is 4.98 Å². The van der Waals surface area contributed by atoms with Crippen LogP contribution >= 0.6 is 11.3 Å². The molecule has 2 aromatic carbocycles. The van der Waals surface area contributed by atoms with Crippen LogP contribution in [0.5, 0.6) is 0 Å². The lowest BCUT2D eigenvalue weighted by Gasteiger charge is -2.29. The average molecular weight is 400 g/mol. The highest BCUT2D eigenvalue weighted by molar-refractivity contribution is 7.21. The van der Waals surface area contributed by atoms with E-state index in [1.807, 2.05) is 6.07 Å². The van der Waals surface area contributed by atoms with Crippen molar-refractivity contribution in [2.75, 3.05) is 0 Å². The fourth-order valence-corrected chi connectivity index (χ4v) is 5.46. The summed E-state index contributed by atoms with van der Waals surface area (Å²) < 4.78 is 29.0. The van der Waals surface area contributed by atoms with Crippen molar-refractivity contribution in [1.82, 2.24) is 4.98 Å². The van der Waals surface area contributed by atoms with Crippen molar-refractivity contribution in [3.63, 3.8) is 0 Å². The predicted molar refractivity (Wildman–Crippen MR) is 114 cm³/mol. The number of nitrogens with zero attached hydrogens (tertiary/aromatic N) is 1. The fourth-order valence-electron chi connectivity index (χ4n) is 4.44. The number of unbranched alkanes of at least 4 members (excludes halogenated alkanes) is 2. The van der Waals surface area contributed by atoms with E-state index in [-0.39, 0.29) is 11.6 Å². The molecule has 0 atom stereocenters. The Hall–Kier alpha value is -1.81. The Balaban J connectivity index is 1.46. The third-order valence-corrected chi connectivity index (χ3v) is 7.16. The molecule has 3 aromatic rings. The maximum absolute atomic E-state index is 14.9. The second-order valence-electron chi connectivity index (χ2n) is 8.08. The Morgan fingerprint density at radius 1 is 1.00 bits per heavy atom. The van der Waals surface area contributed by atoms with Crippen LogP contribution < -0.4 is 0 Å². The zero-order valence-corrected chi connectivity index (χ0v) is 17.2. The largest absolute Gasteiger partial charge is 0.236 e. The van der Waals surface area contributed by atoms with Crippen molar-refractivity contribution < 1.29 is 8.78 Å². The van der Waals surface area contributed by atoms with Crippen LogP contribution in [0.4, 0.5) is 8.78 Å². The molecular weight excluding hydrogens is 372 g/mol. The van der Waals surface area contributed by atoms with E-state index in [0.717, 1.165) is 29.0 Å². The molecule has 0 aliphatic heterocycles. The summed E-state index contributed by atoms with van der Waals surface area (Å²) in [5, 5.41) is 0.615. The summed E-state index contributed by atoms with van der Waals surface area (Å²) in [4.78, 5) is 4.48. The van der Waals surface area contributed by atoms with Gasteiger partial charge < -0.3 is 0 Å². The molecule has 148 valence electrons. The third kappa shape index (κ3) is 4.27. The molecule has 0 bridgehead atoms. The standard InChI is InChI=1S/C24H27F2NS/c1-2-3-4-5-16-6-8-17(9-7-16)18-10-12-20(21(26)14-18)24-27-22-13-11-19(25)15-23(22)28-24/h10-17H,2-9H2,1H3/t16-,17-. The highest BCUT2D eigenvalue weighted by Gasteiger charge is 2.23. The molecule has 0 spiro atoms. The molecule has 0 radical (unpaired) electrons. The van der Waals surface area contributed by atoms with E-state index in [9.17, 15) is 8.78 Å². The van der Waals surface area contributed by atoms with Gasteiger partial charge >= 0.3 is 0 Å². The van der Waals surface area contributed by atoms with Gasteiger partial charge in [-0.3, -0.25) is 0 Å². The van der Waals surface area contributed by atoms with E-state index < -0.39 is 0 Å². The van der Waals surface area contributed by atoms with Crippen molar-refractivity contribution in [3.05, 3.63) is 53.6 Å². The quantitative estimate of drug-likeness (QED) is 0.382. The minimum atomic E-state index is -0.288. The molecule has 4 heteroatoms. The first-order valence-corrected chi connectivity index (χ1v) is 11.3. The fraction of sp³-hybridized carbons (Fsp3) is 0.458. The van der Waals surface area contributed by atoms with Gasteiger partial charge in [-0.15, -0.1) is 11.3 Å². The molecule has 1 heterocycles. The van der Waals surface area contributed by atoms with Crippen LogP contribution in [0.15, 0.2) is 36.4 Å². The molecule has 1 nitrogen and oxygen atoms in total. The van der Waals surface area contributed by atoms with E-state index in [2.05, 4.69) is 18.0 Å². The van der Waals surface area contributed by atoms with E-state index in [1.165, 1.54) is 62.0 Å². The molecule has 28 heavy (non-hydrogen) atoms. The van der Waals surface area contributed by atoms with Gasteiger partial charge in [0.2, 0.25) is 0 Å². The Bertz CT molecular complexity index is 941. The monoisotopic (exact) mass is 399 g/mol. The number of thiazole rings is 1. The molecule has 0 N–H and O–H groups in total. The smallest absolute Gasteiger partial charge is 0.133 e. The van der Waals surface area contributed by atoms with E-state index in [1.54, 1.807) is 12.1 Å². The summed E-state index contributed by atoms with van der Waals surface area (Å²) in [5.74, 6) is 0.816. The molecule has 0 amide bonds. The van der Waals surface area contributed by atoms with Gasteiger partial charge in [0.05, 0.1) is 10.2 Å². The number of fused-ring (bicyclic) bond motifs is 1. The number of benzene rings is 2. The van der Waals surface area contributed by atoms with Gasteiger partial charge in [0.1, 0.15) is 16.6 Å². The summed E-state index contributed by atoms with van der Waals surface area (Å²) in [6.07, 6.45) is 10.2. The van der Waals surface area contributed by atoms with Crippen LogP contribution in [0, 0.1) is 17.6 Å². The maximum Gasteiger partial charge on any atom is 0.133 e. The second-order valence-corrected chi connectivity index (χ2v) is 9.11. The van der Waals surface area contributed by atoms with E-state index in [0.29, 0.717) is 22.0 Å². The lowest BCUT2D eigenvalue weighted by Crippen LogP contribution is -2.13. The number of halogens is 2. The van der Waals surface area contributed by atoms with E-state index in [4.69, 9.17) is 0 Å². The Morgan fingerprint density at radius 3 is 2.57 bits per heavy atom. The zero-order valence-electron chi connectivity index (χ0n) is 16.4. The van der Waals surface area contributed by atoms with Crippen LogP contribution in [0.2, 0.25) is 0 Å². The van der Waals surface area contributed by atoms with Gasteiger partial charge in [0.25, 0.3) is 0 Å². The number of rotatable bonds is 6. The minimum absolute atomic E-state index is 0.220. The molecule has 1 aliphatic rings. The molecule has 1 aliphatic carbocycles. The van der Waals surface area contributed by atoms with Crippen molar-refractivity contribution >= 4 is 21.6 Å². The molecule has 1 aromatic heterocycles. The lowest BCUT2D eigenvalue weighted by molar-refractivity contribution is 0.302. The molecule has 1 saturated carbocycles. The van der Waals surface area contributed by atoms with Crippen molar-refractivity contribution in [1.29, 1.82) is 0 Å². The molecule has 1 fully saturated rings. The summed E-state index contributed by atoms with van der Waals surface area (Å²) in [6.45, 7) is 2.25. The number of aromatic nitrogens is 1. The number of hydrogen-bond donors (Lipinski definition) is 0. The van der Waals surface area contributed by atoms with Crippen LogP contribution in [0.1, 0.15) is 69.8 Å². The highest BCUT2D eigenvalue weighted by atomic mass is 32.1. The third-order valence-electron chi connectivity index (χ3n) is 6.11. The first-order valence-electron chi connectivity index (χ1n) is 10.5. The van der Waals surface area contributed by atoms with Gasteiger partial charge in [-0.2, -0.15) is 0 Å². The topological polar surface area (TPSA) is 12.9 Å². The molecule has 0 unspecified atom stereocenters. The van der Waals surface area contributed by atoms with Crippen molar-refractivity contribution in [2.45, 2.75) is 64.2 Å². The molecule has 0 saturated heterocycles. The molecular formula is C24H27F2NS. The van der Waals surface area contributed by atoms with E-state index >= 15 is 0 Å². The lowest BCUT2D eigenvalue weighted by atomic mass is 9.77. The predicted octanol–water partition coefficient (Wildman–Crippen LogP) is 8.10. The summed E-state index contributed by atoms with van der Waals surface area (Å²) in [5.41, 5.74) is 2.34. The summed E-state index contributed by atoms with van der Waals surface area (Å²) in [6, 6.07) is 10.1. The van der Waals surface area contributed by atoms with Crippen LogP contribution in [0.3, 0.4) is 0 Å². The zero-order chi connectivity index (χ0) is 19.5. The molecule has 4 rings (SSSR count). The van der Waals surface area contributed by atoms with Gasteiger partial charge in [0, 0.05) is 5.56 Å². The van der Waals surface area contributed by atoms with Gasteiger partial charge in [-0.25, -0.2) is 13.8 Å². The summed E-state index contributed by atoms with van der Waals surface area (Å²) in [7, 11) is 0. The van der Waals surface area contributed by atoms with Gasteiger partial charge in [0.15, 0.2) is 0 Å². The Labute approximate surface area is 169 Å².